The summed E-state index contributed by atoms with van der Waals surface area (Å²) in [6, 6.07) is 0. The lowest BCUT2D eigenvalue weighted by molar-refractivity contribution is -0.340. The van der Waals surface area contributed by atoms with Gasteiger partial charge in [0.05, 0.1) is 13.2 Å². The van der Waals surface area contributed by atoms with Crippen LogP contribution in [-0.4, -0.2) is 633 Å². The van der Waals surface area contributed by atoms with E-state index in [2.05, 4.69) is 38.4 Å². The first kappa shape index (κ1) is 322. The lowest BCUT2D eigenvalue weighted by atomic mass is 9.97. The molecule has 4 bridgehead atoms. The fourth-order valence-corrected chi connectivity index (χ4v) is 15.8. The Morgan fingerprint density at radius 3 is 0.784 bits per heavy atom. The third-order valence-electron chi connectivity index (χ3n) is 6.92. The van der Waals surface area contributed by atoms with Gasteiger partial charge in [-0.2, -0.15) is 67.3 Å². The van der Waals surface area contributed by atoms with Crippen molar-refractivity contribution >= 4 is 355 Å². The number of ether oxygens (including phenoxy) is 3. The molecule has 40 radical (unpaired) electrons. The molecule has 0 saturated carbocycles. The standard InChI is InChI=1S/C12H22O35S8.16Al.40H2O/c13-48(14,15)37-1-3-5(7(43-51(22,23)24)10(46-54(31,32)33)12(40-3)47-55(34,35)36)41-11-9(45-53(28,29)30)8(44-52(25,26)27)6(42-50(19,20)21)4(39-11)2-38-49(16,17)18;;;;;;;;;;;;;;;;;;;;;;;;;;;;;;;;;;;;;;;;;;;;;;;;;;;;;;;;/h3-12H,1-2H2,(H,13,14,15)(H,16,17,18)(H,19,20,21)(H,22,23,24)(H,25,26,27)(H,28,29,30)(H,31,32,33)(H,34,35,36);;;;;;;;;;;;;;;;;40*1H2/q;;;;;;;;;;;;;+1;2*+2;+3;;;;;;;;;;;;;;;;;;;;;;;;;;;;;;;;;;;;;;;;/p-8/t3-,4+,5+,6-,7-,8+,9-,10+,11-,12-;;;;;;;;;;;;;;;;;;;;;;;;;;;;;;;;;;;;;;;;;;;;;;;;;;;;;;;;/m0......................................................../s1. The molecule has 99 heteroatoms. The molecule has 6 rings (SSSR count). The molecule has 111 heavy (non-hydrogen) atoms. The smallest absolute Gasteiger partial charge is 0.412 e. The van der Waals surface area contributed by atoms with Gasteiger partial charge in [0, 0.05) is 208 Å². The largest absolute Gasteiger partial charge is 0.956 e. The maximum Gasteiger partial charge on any atom is 0.956 e. The van der Waals surface area contributed by atoms with Gasteiger partial charge in [-0.05, 0) is 0 Å². The average Bonchev–Trinajstić information content (AvgIpc) is 3.15. The van der Waals surface area contributed by atoms with Crippen LogP contribution in [0.4, 0.5) is 0 Å². The van der Waals surface area contributed by atoms with Crippen LogP contribution < -0.4 is 0 Å². The topological polar surface area (TPSA) is 1710 Å². The maximum absolute atomic E-state index is 13.0. The Bertz CT molecular complexity index is 2570. The lowest BCUT2D eigenvalue weighted by Crippen LogP contribution is -2.67. The van der Waals surface area contributed by atoms with E-state index >= 15 is 0 Å². The summed E-state index contributed by atoms with van der Waals surface area (Å²) in [5.74, 6) is 0. The Labute approximate surface area is 780 Å². The summed E-state index contributed by atoms with van der Waals surface area (Å²) in [6.45, 7) is -3.28. The monoisotopic (exact) mass is 2130 g/mol. The zero-order chi connectivity index (χ0) is 43.6. The molecule has 0 aromatic heterocycles. The second-order valence-electron chi connectivity index (χ2n) is 10.7. The van der Waals surface area contributed by atoms with Gasteiger partial charge < -0.3 is 259 Å². The van der Waals surface area contributed by atoms with Crippen LogP contribution >= 0.6 is 0 Å². The van der Waals surface area contributed by atoms with Crippen molar-refractivity contribution in [2.75, 3.05) is 13.2 Å². The van der Waals surface area contributed by atoms with Gasteiger partial charge in [-0.3, -0.25) is 0 Å². The number of hydrogen-bond acceptors (Lipinski definition) is 35. The van der Waals surface area contributed by atoms with Gasteiger partial charge >= 0.3 is 147 Å². The second kappa shape index (κ2) is 127. The summed E-state index contributed by atoms with van der Waals surface area (Å²) in [7, 11) is -44.8. The first-order chi connectivity index (χ1) is 27.0. The molecule has 688 valence electrons. The Morgan fingerprint density at radius 1 is 0.279 bits per heavy atom. The molecule has 0 aromatic rings. The molecule has 6 heterocycles. The van der Waals surface area contributed by atoms with Crippen LogP contribution in [0.2, 0.25) is 0 Å². The normalized spacial score (nSPS) is 21.5. The predicted octanol–water partition coefficient (Wildman–Crippen LogP) is -46.5. The van der Waals surface area contributed by atoms with Crippen molar-refractivity contribution in [1.29, 1.82) is 0 Å². The van der Waals surface area contributed by atoms with Gasteiger partial charge in [0.2, 0.25) is 6.29 Å². The van der Waals surface area contributed by atoms with Crippen molar-refractivity contribution < 1.29 is 360 Å². The van der Waals surface area contributed by atoms with E-state index in [1.54, 1.807) is 0 Å². The van der Waals surface area contributed by atoms with Crippen molar-refractivity contribution in [3.05, 3.63) is 0 Å². The number of rotatable bonds is 3. The van der Waals surface area contributed by atoms with Crippen molar-refractivity contribution in [1.82, 2.24) is 0 Å². The van der Waals surface area contributed by atoms with Crippen molar-refractivity contribution in [2.45, 2.75) is 61.4 Å². The number of fused-ring (bicyclic) bond motifs is 9. The molecule has 10 atom stereocenters. The van der Waals surface area contributed by atoms with Crippen LogP contribution in [0.5, 0.6) is 0 Å². The molecule has 0 amide bonds. The van der Waals surface area contributed by atoms with Crippen LogP contribution in [0.25, 0.3) is 0 Å². The molecule has 0 aromatic carbocycles. The van der Waals surface area contributed by atoms with E-state index in [1.165, 1.54) is 0 Å². The predicted molar refractivity (Wildman–Crippen MR) is 376 cm³/mol. The van der Waals surface area contributed by atoms with Gasteiger partial charge in [0.1, 0.15) is 36.6 Å². The Morgan fingerprint density at radius 2 is 0.505 bits per heavy atom. The van der Waals surface area contributed by atoms with E-state index in [9.17, 15) is 67.3 Å². The summed E-state index contributed by atoms with van der Waals surface area (Å²) in [5.41, 5.74) is 0. The van der Waals surface area contributed by atoms with E-state index in [0.717, 1.165) is 16.6 Å². The summed E-state index contributed by atoms with van der Waals surface area (Å²) < 4.78 is 293. The maximum atomic E-state index is 13.0. The molecule has 0 aliphatic carbocycles. The average molecular weight is 2130 g/mol. The van der Waals surface area contributed by atoms with Gasteiger partial charge in [-0.25, -0.2) is 33.5 Å². The first-order valence-electron chi connectivity index (χ1n) is 14.1. The molecule has 0 spiro atoms. The molecule has 75 nitrogen and oxygen atoms in total. The highest BCUT2D eigenvalue weighted by molar-refractivity contribution is 7.86. The van der Waals surface area contributed by atoms with E-state index < -0.39 is 205 Å². The van der Waals surface area contributed by atoms with Crippen LogP contribution in [0.3, 0.4) is 0 Å². The minimum Gasteiger partial charge on any atom is -0.412 e. The molecule has 6 aliphatic rings. The van der Waals surface area contributed by atoms with Crippen LogP contribution in [0.15, 0.2) is 0 Å². The van der Waals surface area contributed by atoms with Crippen molar-refractivity contribution in [2.24, 2.45) is 0 Å². The summed E-state index contributed by atoms with van der Waals surface area (Å²) in [4.78, 5) is 0. The van der Waals surface area contributed by atoms with Crippen LogP contribution in [0, 0.1) is 0 Å². The minimum atomic E-state index is -5.84. The molecular weight excluding hydrogens is 2030 g/mol. The Hall–Kier alpha value is 5.76. The Kier molecular flexibility index (Phi) is 367. The third kappa shape index (κ3) is 94.7. The third-order valence-corrected chi connectivity index (χ3v) is 21.2. The van der Waals surface area contributed by atoms with Crippen molar-refractivity contribution in [3.8, 4) is 0 Å². The summed E-state index contributed by atoms with van der Waals surface area (Å²) in [6.07, 6.45) is -27.7. The lowest BCUT2D eigenvalue weighted by Gasteiger charge is -2.48. The highest BCUT2D eigenvalue weighted by Gasteiger charge is 2.63. The molecule has 6 fully saturated rings. The second-order valence-corrected chi connectivity index (χ2v) is 26.0. The molecule has 80 N–H and O–H groups in total. The summed E-state index contributed by atoms with van der Waals surface area (Å²) in [5, 5.41) is 0. The fraction of sp³-hybridized carbons (Fsp3) is 1.00. The first-order valence-corrected chi connectivity index (χ1v) is 28.5. The highest BCUT2D eigenvalue weighted by atomic mass is 32.3. The van der Waals surface area contributed by atoms with Gasteiger partial charge in [0.25, 0.3) is 0 Å². The van der Waals surface area contributed by atoms with E-state index in [0.29, 0.717) is 0 Å². The zero-order valence-electron chi connectivity index (χ0n) is 54.0. The molecule has 0 unspecified atom stereocenters. The Balaban J connectivity index is -0.0000000175. The van der Waals surface area contributed by atoms with E-state index in [-0.39, 0.29) is 427 Å². The quantitative estimate of drug-likeness (QED) is 0.237. The SMILES string of the molecule is O.O.O.O.O.O.O.O.O.O.O.O.O.O.O.O.O.O.O.O.O.O.O.O.O.O.O.O.O.O.O.O.O.O.O.O.O.O.O.O.O=S1(=O)OC[C@@H]2O[C@H]3OS(=O)(=O)[O][Al][O]S(=O)(=O)O[C@@H]3[C@@H](OS(=O)(=O)[O][Al])[C@@H]2O[C@@H]2O[C@H](COS(=O)(=O)[O][Al][O]1)[C@@H]1OS(=O)(=O)[O][Al]3[O]S(=O)(=O)O[C@H]1[C@@H]2OS(=O)(=O)[O]3.[Al].[Al].[Al].[Al].[Al].[Al].[Al].[Al].[Al].[Al].[Al].[Al]. The van der Waals surface area contributed by atoms with E-state index in [4.69, 9.17) is 35.1 Å². The van der Waals surface area contributed by atoms with Gasteiger partial charge in [-0.1, -0.05) is 0 Å². The van der Waals surface area contributed by atoms with Gasteiger partial charge in [0.15, 0.2) is 18.5 Å². The molecular formula is C12H94Al16O75S8. The molecule has 6 aliphatic heterocycles. The summed E-state index contributed by atoms with van der Waals surface area (Å²) >= 11 is -9.24. The minimum absolute atomic E-state index is 0. The van der Waals surface area contributed by atoms with Gasteiger partial charge in [-0.15, -0.1) is 0 Å². The van der Waals surface area contributed by atoms with Crippen molar-refractivity contribution in [3.63, 3.8) is 0 Å². The number of hydrogen-bond donors (Lipinski definition) is 0. The fourth-order valence-electron chi connectivity index (χ4n) is 4.92. The molecule has 6 saturated heterocycles. The van der Waals surface area contributed by atoms with E-state index in [1.807, 2.05) is 0 Å². The zero-order valence-corrected chi connectivity index (χ0v) is 79.0. The van der Waals surface area contributed by atoms with Crippen LogP contribution in [0.1, 0.15) is 0 Å². The van der Waals surface area contributed by atoms with Crippen LogP contribution in [-0.2, 0) is 157 Å². The highest BCUT2D eigenvalue weighted by Crippen LogP contribution is 2.40.